The number of hydrogen-bond donors (Lipinski definition) is 2. The Kier molecular flexibility index (Phi) is 6.92. The Hall–Kier alpha value is -1.36. The van der Waals surface area contributed by atoms with Crippen molar-refractivity contribution in [3.05, 3.63) is 42.1 Å². The summed E-state index contributed by atoms with van der Waals surface area (Å²) >= 11 is 0. The van der Waals surface area contributed by atoms with Crippen LogP contribution in [0.5, 0.6) is 0 Å². The lowest BCUT2D eigenvalue weighted by molar-refractivity contribution is 0.0916. The molecule has 0 bridgehead atoms. The quantitative estimate of drug-likeness (QED) is 0.914. The van der Waals surface area contributed by atoms with Crippen LogP contribution in [-0.2, 0) is 0 Å². The molecule has 4 nitrogen and oxygen atoms in total. The lowest BCUT2D eigenvalue weighted by Crippen LogP contribution is -2.48. The molecule has 1 aromatic carbocycles. The second kappa shape index (κ2) is 7.43. The zero-order chi connectivity index (χ0) is 13.2. The molecule has 2 aromatic rings. The van der Waals surface area contributed by atoms with Crippen molar-refractivity contribution in [1.29, 1.82) is 0 Å². The predicted octanol–water partition coefficient (Wildman–Crippen LogP) is 2.55. The normalized spacial score (nSPS) is 10.3. The van der Waals surface area contributed by atoms with E-state index in [0.29, 0.717) is 12.1 Å². The van der Waals surface area contributed by atoms with E-state index in [1.807, 2.05) is 38.1 Å². The molecule has 2 rings (SSSR count). The minimum Gasteiger partial charge on any atom is -0.346 e. The third-order valence-electron chi connectivity index (χ3n) is 2.83. The highest BCUT2D eigenvalue weighted by atomic mass is 35.5. The van der Waals surface area contributed by atoms with Crippen LogP contribution >= 0.6 is 24.8 Å². The van der Waals surface area contributed by atoms with E-state index in [-0.39, 0.29) is 30.7 Å². The number of fused-ring (bicyclic) bond motifs is 1. The maximum absolute atomic E-state index is 12.1. The van der Waals surface area contributed by atoms with Gasteiger partial charge in [-0.2, -0.15) is 0 Å². The first-order chi connectivity index (χ1) is 8.52. The smallest absolute Gasteiger partial charge is 0.251 e. The molecule has 0 saturated heterocycles. The van der Waals surface area contributed by atoms with Gasteiger partial charge in [-0.05, 0) is 38.1 Å². The van der Waals surface area contributed by atoms with Gasteiger partial charge in [-0.25, -0.2) is 0 Å². The minimum atomic E-state index is -0.402. The molecule has 20 heavy (non-hydrogen) atoms. The molecule has 0 saturated carbocycles. The maximum atomic E-state index is 12.1. The van der Waals surface area contributed by atoms with Crippen molar-refractivity contribution in [3.8, 4) is 0 Å². The predicted molar refractivity (Wildman–Crippen MR) is 86.8 cm³/mol. The first-order valence-electron chi connectivity index (χ1n) is 5.89. The van der Waals surface area contributed by atoms with E-state index in [1.54, 1.807) is 12.3 Å². The summed E-state index contributed by atoms with van der Waals surface area (Å²) in [7, 11) is 0. The average molecular weight is 316 g/mol. The summed E-state index contributed by atoms with van der Waals surface area (Å²) in [5.74, 6) is -0.115. The van der Waals surface area contributed by atoms with Crippen LogP contribution in [0, 0.1) is 0 Å². The molecule has 0 aliphatic rings. The topological polar surface area (TPSA) is 68.0 Å². The second-order valence-corrected chi connectivity index (χ2v) is 4.95. The molecule has 0 aliphatic heterocycles. The van der Waals surface area contributed by atoms with E-state index >= 15 is 0 Å². The lowest BCUT2D eigenvalue weighted by atomic mass is 10.0. The summed E-state index contributed by atoms with van der Waals surface area (Å²) < 4.78 is 0. The molecule has 110 valence electrons. The van der Waals surface area contributed by atoms with Crippen molar-refractivity contribution >= 4 is 41.6 Å². The van der Waals surface area contributed by atoms with Gasteiger partial charge in [-0.1, -0.05) is 6.07 Å². The fraction of sp³-hybridized carbons (Fsp3) is 0.286. The number of aromatic nitrogens is 1. The monoisotopic (exact) mass is 315 g/mol. The molecular formula is C14H19Cl2N3O. The van der Waals surface area contributed by atoms with Crippen molar-refractivity contribution in [2.75, 3.05) is 6.54 Å². The number of carbonyl (C=O) groups excluding carboxylic acids is 1. The lowest BCUT2D eigenvalue weighted by Gasteiger charge is -2.24. The van der Waals surface area contributed by atoms with Gasteiger partial charge in [-0.3, -0.25) is 9.78 Å². The van der Waals surface area contributed by atoms with Gasteiger partial charge in [0, 0.05) is 29.2 Å². The summed E-state index contributed by atoms with van der Waals surface area (Å²) in [4.78, 5) is 16.3. The van der Waals surface area contributed by atoms with Crippen LogP contribution in [0.2, 0.25) is 0 Å². The number of nitrogens with two attached hydrogens (primary N) is 1. The van der Waals surface area contributed by atoms with Crippen molar-refractivity contribution in [1.82, 2.24) is 10.3 Å². The highest BCUT2D eigenvalue weighted by molar-refractivity contribution is 5.98. The van der Waals surface area contributed by atoms with Gasteiger partial charge in [0.2, 0.25) is 0 Å². The van der Waals surface area contributed by atoms with Crippen molar-refractivity contribution in [2.45, 2.75) is 19.4 Å². The molecule has 0 aliphatic carbocycles. The van der Waals surface area contributed by atoms with Gasteiger partial charge in [0.1, 0.15) is 0 Å². The van der Waals surface area contributed by atoms with Gasteiger partial charge in [0.05, 0.1) is 5.52 Å². The molecule has 0 radical (unpaired) electrons. The van der Waals surface area contributed by atoms with Crippen LogP contribution in [0.3, 0.4) is 0 Å². The molecule has 0 unspecified atom stereocenters. The molecule has 0 atom stereocenters. The summed E-state index contributed by atoms with van der Waals surface area (Å²) in [5.41, 5.74) is 6.70. The largest absolute Gasteiger partial charge is 0.346 e. The molecular weight excluding hydrogens is 297 g/mol. The summed E-state index contributed by atoms with van der Waals surface area (Å²) in [5, 5.41) is 3.86. The van der Waals surface area contributed by atoms with Crippen LogP contribution in [0.25, 0.3) is 10.9 Å². The van der Waals surface area contributed by atoms with E-state index in [2.05, 4.69) is 10.3 Å². The van der Waals surface area contributed by atoms with Gasteiger partial charge in [-0.15, -0.1) is 24.8 Å². The van der Waals surface area contributed by atoms with Crippen molar-refractivity contribution in [3.63, 3.8) is 0 Å². The Bertz CT molecular complexity index is 587. The molecule has 1 aromatic heterocycles. The number of carbonyl (C=O) groups is 1. The van der Waals surface area contributed by atoms with Crippen LogP contribution in [0.1, 0.15) is 24.2 Å². The molecule has 6 heteroatoms. The van der Waals surface area contributed by atoms with Crippen molar-refractivity contribution < 1.29 is 4.79 Å². The van der Waals surface area contributed by atoms with Crippen LogP contribution in [-0.4, -0.2) is 23.0 Å². The number of benzene rings is 1. The van der Waals surface area contributed by atoms with E-state index in [1.165, 1.54) is 0 Å². The van der Waals surface area contributed by atoms with Gasteiger partial charge in [0.25, 0.3) is 5.91 Å². The number of nitrogens with one attached hydrogen (secondary N) is 1. The number of amides is 1. The highest BCUT2D eigenvalue weighted by Crippen LogP contribution is 2.14. The molecule has 0 fully saturated rings. The molecule has 0 spiro atoms. The molecule has 1 amide bonds. The summed E-state index contributed by atoms with van der Waals surface area (Å²) in [6.07, 6.45) is 1.74. The number of hydrogen-bond acceptors (Lipinski definition) is 3. The zero-order valence-electron chi connectivity index (χ0n) is 11.4. The average Bonchev–Trinajstić information content (AvgIpc) is 2.37. The van der Waals surface area contributed by atoms with Crippen LogP contribution in [0.15, 0.2) is 36.5 Å². The molecule has 3 N–H and O–H groups in total. The SMILES string of the molecule is CC(C)(CN)NC(=O)c1ccc2ncccc2c1.Cl.Cl. The van der Waals surface area contributed by atoms with E-state index in [0.717, 1.165) is 10.9 Å². The third kappa shape index (κ3) is 4.34. The standard InChI is InChI=1S/C14H17N3O.2ClH/c1-14(2,9-15)17-13(18)11-5-6-12-10(8-11)4-3-7-16-12;;/h3-8H,9,15H2,1-2H3,(H,17,18);2*1H. The van der Waals surface area contributed by atoms with Gasteiger partial charge < -0.3 is 11.1 Å². The van der Waals surface area contributed by atoms with Gasteiger partial charge >= 0.3 is 0 Å². The third-order valence-corrected chi connectivity index (χ3v) is 2.83. The van der Waals surface area contributed by atoms with Crippen LogP contribution in [0.4, 0.5) is 0 Å². The van der Waals surface area contributed by atoms with E-state index < -0.39 is 5.54 Å². The molecule has 1 heterocycles. The second-order valence-electron chi connectivity index (χ2n) is 4.95. The fourth-order valence-electron chi connectivity index (χ4n) is 1.65. The Morgan fingerprint density at radius 3 is 2.65 bits per heavy atom. The first-order valence-corrected chi connectivity index (χ1v) is 5.89. The van der Waals surface area contributed by atoms with E-state index in [4.69, 9.17) is 5.73 Å². The zero-order valence-corrected chi connectivity index (χ0v) is 13.1. The summed E-state index contributed by atoms with van der Waals surface area (Å²) in [6.45, 7) is 4.19. The first kappa shape index (κ1) is 18.6. The summed E-state index contributed by atoms with van der Waals surface area (Å²) in [6, 6.07) is 9.25. The van der Waals surface area contributed by atoms with Crippen LogP contribution < -0.4 is 11.1 Å². The number of nitrogens with zero attached hydrogens (tertiary/aromatic N) is 1. The number of rotatable bonds is 3. The highest BCUT2D eigenvalue weighted by Gasteiger charge is 2.19. The Labute approximate surface area is 131 Å². The number of halogens is 2. The Morgan fingerprint density at radius 2 is 2.00 bits per heavy atom. The maximum Gasteiger partial charge on any atom is 0.251 e. The Balaban J connectivity index is 0.00000180. The van der Waals surface area contributed by atoms with Crippen molar-refractivity contribution in [2.24, 2.45) is 5.73 Å². The minimum absolute atomic E-state index is 0. The van der Waals surface area contributed by atoms with Gasteiger partial charge in [0.15, 0.2) is 0 Å². The fourth-order valence-corrected chi connectivity index (χ4v) is 1.65. The number of pyridine rings is 1. The van der Waals surface area contributed by atoms with E-state index in [9.17, 15) is 4.79 Å². The Morgan fingerprint density at radius 1 is 1.30 bits per heavy atom.